The molecule has 0 spiro atoms. The lowest BCUT2D eigenvalue weighted by atomic mass is 9.95. The van der Waals surface area contributed by atoms with Gasteiger partial charge < -0.3 is 20.1 Å². The van der Waals surface area contributed by atoms with Crippen LogP contribution in [-0.4, -0.2) is 91.7 Å². The van der Waals surface area contributed by atoms with Gasteiger partial charge in [-0.1, -0.05) is 17.1 Å². The molecule has 0 amide bonds. The van der Waals surface area contributed by atoms with Crippen molar-refractivity contribution in [1.29, 1.82) is 0 Å². The second kappa shape index (κ2) is 11.4. The summed E-state index contributed by atoms with van der Waals surface area (Å²) in [5, 5.41) is 18.8. The Hall–Kier alpha value is -5.20. The number of aromatic amines is 1. The molecule has 0 radical (unpaired) electrons. The molecule has 3 N–H and O–H groups in total. The number of nitrogens with one attached hydrogen (secondary N) is 2. The van der Waals surface area contributed by atoms with Crippen molar-refractivity contribution in [1.82, 2.24) is 35.3 Å². The number of rotatable bonds is 6. The summed E-state index contributed by atoms with van der Waals surface area (Å²) in [6.45, 7) is 2.29. The van der Waals surface area contributed by atoms with Crippen LogP contribution in [0.4, 0.5) is 19.0 Å². The molecule has 15 heteroatoms. The third kappa shape index (κ3) is 4.88. The number of fused-ring (bicyclic) bond motifs is 5. The molecule has 4 aliphatic rings. The second-order valence-corrected chi connectivity index (χ2v) is 13.7. The fourth-order valence-electron chi connectivity index (χ4n) is 8.48. The molecule has 4 saturated heterocycles. The number of anilines is 1. The van der Waals surface area contributed by atoms with Crippen molar-refractivity contribution in [3.63, 3.8) is 0 Å². The molecule has 0 unspecified atom stereocenters. The van der Waals surface area contributed by atoms with E-state index < -0.39 is 29.1 Å². The van der Waals surface area contributed by atoms with Crippen molar-refractivity contribution in [3.05, 3.63) is 52.0 Å². The Morgan fingerprint density at radius 3 is 2.68 bits per heavy atom. The highest BCUT2D eigenvalue weighted by atomic mass is 19.1. The van der Waals surface area contributed by atoms with Gasteiger partial charge in [-0.05, 0) is 55.8 Å². The number of halogens is 3. The molecule has 2 aromatic carbocycles. The smallest absolute Gasteiger partial charge is 0.439 e. The summed E-state index contributed by atoms with van der Waals surface area (Å²) in [6, 6.07) is 5.43. The lowest BCUT2D eigenvalue weighted by Crippen LogP contribution is -2.51. The number of nitrogens with zero attached hydrogens (tertiary/aromatic N) is 6. The molecule has 3 aromatic heterocycles. The minimum absolute atomic E-state index is 0.0118. The van der Waals surface area contributed by atoms with Crippen molar-refractivity contribution in [2.45, 2.75) is 55.9 Å². The van der Waals surface area contributed by atoms with Crippen molar-refractivity contribution < 1.29 is 27.5 Å². The largest absolute Gasteiger partial charge is 0.508 e. The van der Waals surface area contributed by atoms with Gasteiger partial charge in [-0.25, -0.2) is 22.9 Å². The average molecular weight is 685 g/mol. The number of piperazine rings is 1. The topological polar surface area (TPSA) is 146 Å². The van der Waals surface area contributed by atoms with Crippen LogP contribution in [0, 0.1) is 24.0 Å². The number of hydrogen-bond acceptors (Lipinski definition) is 11. The number of ether oxygens (including phenoxy) is 1. The molecule has 4 aliphatic heterocycles. The van der Waals surface area contributed by atoms with Gasteiger partial charge in [0, 0.05) is 49.1 Å². The highest BCUT2D eigenvalue weighted by Crippen LogP contribution is 2.44. The van der Waals surface area contributed by atoms with Gasteiger partial charge in [-0.2, -0.15) is 9.97 Å². The fourth-order valence-corrected chi connectivity index (χ4v) is 8.48. The zero-order valence-corrected chi connectivity index (χ0v) is 26.7. The summed E-state index contributed by atoms with van der Waals surface area (Å²) in [5.41, 5.74) is -1.25. The van der Waals surface area contributed by atoms with Gasteiger partial charge >= 0.3 is 11.8 Å². The first-order chi connectivity index (χ1) is 24.2. The second-order valence-electron chi connectivity index (χ2n) is 13.7. The molecule has 4 atom stereocenters. The van der Waals surface area contributed by atoms with Gasteiger partial charge in [0.25, 0.3) is 0 Å². The van der Waals surface area contributed by atoms with Crippen molar-refractivity contribution in [2.24, 2.45) is 0 Å². The Morgan fingerprint density at radius 1 is 1.10 bits per heavy atom. The maximum absolute atomic E-state index is 17.3. The summed E-state index contributed by atoms with van der Waals surface area (Å²) in [6.07, 6.45) is 8.64. The van der Waals surface area contributed by atoms with Crippen LogP contribution in [0.15, 0.2) is 33.6 Å². The van der Waals surface area contributed by atoms with E-state index in [1.165, 1.54) is 24.3 Å². The highest BCUT2D eigenvalue weighted by molar-refractivity contribution is 6.06. The summed E-state index contributed by atoms with van der Waals surface area (Å²) >= 11 is 0. The zero-order valence-electron chi connectivity index (χ0n) is 26.7. The molecule has 4 fully saturated rings. The van der Waals surface area contributed by atoms with Crippen LogP contribution in [0.5, 0.6) is 11.8 Å². The lowest BCUT2D eigenvalue weighted by molar-refractivity contribution is 0.107. The third-order valence-corrected chi connectivity index (χ3v) is 10.6. The number of phenols is 1. The number of phenolic OH excluding ortho intramolecular Hbond substituents is 1. The predicted molar refractivity (Wildman–Crippen MR) is 177 cm³/mol. The maximum Gasteiger partial charge on any atom is 0.439 e. The van der Waals surface area contributed by atoms with Crippen LogP contribution in [0.1, 0.15) is 37.7 Å². The molecule has 12 nitrogen and oxygen atoms in total. The minimum Gasteiger partial charge on any atom is -0.508 e. The van der Waals surface area contributed by atoms with E-state index in [0.29, 0.717) is 37.3 Å². The monoisotopic (exact) mass is 684 g/mol. The average Bonchev–Trinajstić information content (AvgIpc) is 3.86. The first-order valence-corrected chi connectivity index (χ1v) is 16.6. The number of alkyl halides is 1. The van der Waals surface area contributed by atoms with E-state index >= 15 is 8.78 Å². The van der Waals surface area contributed by atoms with E-state index in [9.17, 15) is 14.3 Å². The number of aromatic hydroxyl groups is 1. The summed E-state index contributed by atoms with van der Waals surface area (Å²) < 4.78 is 58.1. The number of pyridine rings is 1. The standard InChI is InChI=1S/C35H31F3N8O4/c1-2-22-24(37)7-4-17-10-21(47)11-23(25(17)22)28-27(38)29-26(30(40-28)31-42-34(48)50-44-31)32(45-14-19-5-6-20(15-45)39-19)43-33(41-29)49-16-35-8-3-9-46(35)13-18(36)12-35/h1,4,7,10-11,18-20,39,47H,3,5-6,8-9,12-16H2,(H,42,44,48)/t18-,19-,20+,35+/m1/s1. The number of aromatic nitrogens is 5. The number of terminal acetylenes is 1. The summed E-state index contributed by atoms with van der Waals surface area (Å²) in [7, 11) is 0. The normalized spacial score (nSPS) is 24.7. The molecule has 256 valence electrons. The van der Waals surface area contributed by atoms with Crippen LogP contribution >= 0.6 is 0 Å². The van der Waals surface area contributed by atoms with Crippen LogP contribution in [0.3, 0.4) is 0 Å². The molecule has 9 rings (SSSR count). The summed E-state index contributed by atoms with van der Waals surface area (Å²) in [5.74, 6) is -0.220. The Balaban J connectivity index is 1.30. The van der Waals surface area contributed by atoms with Gasteiger partial charge in [-0.3, -0.25) is 14.4 Å². The molecule has 0 saturated carbocycles. The van der Waals surface area contributed by atoms with Gasteiger partial charge in [0.05, 0.1) is 16.5 Å². The van der Waals surface area contributed by atoms with E-state index in [1.807, 2.05) is 4.90 Å². The van der Waals surface area contributed by atoms with Crippen molar-refractivity contribution in [3.8, 4) is 46.9 Å². The first-order valence-electron chi connectivity index (χ1n) is 16.6. The van der Waals surface area contributed by atoms with Crippen molar-refractivity contribution in [2.75, 3.05) is 37.7 Å². The van der Waals surface area contributed by atoms with Gasteiger partial charge in [0.2, 0.25) is 5.82 Å². The zero-order chi connectivity index (χ0) is 34.3. The number of benzene rings is 2. The molecular weight excluding hydrogens is 653 g/mol. The maximum atomic E-state index is 17.3. The van der Waals surface area contributed by atoms with Crippen LogP contribution < -0.4 is 20.7 Å². The fraction of sp³-hybridized carbons (Fsp3) is 0.400. The predicted octanol–water partition coefficient (Wildman–Crippen LogP) is 4.05. The molecular formula is C35H31F3N8O4. The van der Waals surface area contributed by atoms with Gasteiger partial charge in [-0.15, -0.1) is 6.42 Å². The Labute approximate surface area is 282 Å². The van der Waals surface area contributed by atoms with Crippen LogP contribution in [0.25, 0.3) is 44.5 Å². The van der Waals surface area contributed by atoms with Crippen LogP contribution in [-0.2, 0) is 0 Å². The highest BCUT2D eigenvalue weighted by Gasteiger charge is 2.49. The van der Waals surface area contributed by atoms with E-state index in [2.05, 4.69) is 36.2 Å². The van der Waals surface area contributed by atoms with E-state index in [-0.39, 0.29) is 75.1 Å². The number of H-pyrrole nitrogens is 1. The van der Waals surface area contributed by atoms with Crippen LogP contribution in [0.2, 0.25) is 0 Å². The Morgan fingerprint density at radius 2 is 1.92 bits per heavy atom. The van der Waals surface area contributed by atoms with Gasteiger partial charge in [0.15, 0.2) is 5.82 Å². The lowest BCUT2D eigenvalue weighted by Gasteiger charge is -2.35. The SMILES string of the molecule is C#Cc1c(F)ccc2cc(O)cc(-c3nc(-c4noc(=O)[nH]4)c4c(N5C[C@H]6CC[C@@H](C5)N6)nc(OC[C@@]56CCCN5C[C@H](F)C6)nc4c3F)c12. The number of hydrogen-bond donors (Lipinski definition) is 3. The molecule has 0 aliphatic carbocycles. The Bertz CT molecular complexity index is 2290. The molecule has 50 heavy (non-hydrogen) atoms. The van der Waals surface area contributed by atoms with Crippen molar-refractivity contribution >= 4 is 27.5 Å². The summed E-state index contributed by atoms with van der Waals surface area (Å²) in [4.78, 5) is 32.9. The molecule has 5 aromatic rings. The van der Waals surface area contributed by atoms with Gasteiger partial charge in [0.1, 0.15) is 47.1 Å². The molecule has 2 bridgehead atoms. The first kappa shape index (κ1) is 30.8. The van der Waals surface area contributed by atoms with E-state index in [0.717, 1.165) is 32.2 Å². The minimum atomic E-state index is -0.976. The Kier molecular flexibility index (Phi) is 7.04. The van der Waals surface area contributed by atoms with E-state index in [1.54, 1.807) is 0 Å². The quantitative estimate of drug-likeness (QED) is 0.223. The third-order valence-electron chi connectivity index (χ3n) is 10.6. The molecule has 7 heterocycles. The van der Waals surface area contributed by atoms with E-state index in [4.69, 9.17) is 20.7 Å².